The number of hydrogen-bond donors (Lipinski definition) is 1. The van der Waals surface area contributed by atoms with Crippen LogP contribution >= 0.6 is 0 Å². The molecule has 94 valence electrons. The molecule has 1 aliphatic rings. The van der Waals surface area contributed by atoms with Gasteiger partial charge in [-0.25, -0.2) is 0 Å². The molecule has 0 aliphatic heterocycles. The fourth-order valence-electron chi connectivity index (χ4n) is 2.19. The zero-order chi connectivity index (χ0) is 11.5. The van der Waals surface area contributed by atoms with Crippen molar-refractivity contribution in [1.82, 2.24) is 5.32 Å². The molecule has 2 nitrogen and oxygen atoms in total. The van der Waals surface area contributed by atoms with Gasteiger partial charge in [-0.15, -0.1) is 6.58 Å². The van der Waals surface area contributed by atoms with Crippen molar-refractivity contribution in [2.75, 3.05) is 19.7 Å². The molecule has 1 N–H and O–H groups in total. The van der Waals surface area contributed by atoms with Gasteiger partial charge in [0.2, 0.25) is 0 Å². The van der Waals surface area contributed by atoms with Crippen LogP contribution in [-0.2, 0) is 4.74 Å². The van der Waals surface area contributed by atoms with Crippen molar-refractivity contribution in [3.05, 3.63) is 12.7 Å². The number of rotatable bonds is 10. The van der Waals surface area contributed by atoms with E-state index in [1.807, 2.05) is 6.08 Å². The molecule has 0 bridgehead atoms. The molecule has 0 amide bonds. The van der Waals surface area contributed by atoms with E-state index in [9.17, 15) is 0 Å². The summed E-state index contributed by atoms with van der Waals surface area (Å²) in [5, 5.41) is 3.44. The molecule has 0 radical (unpaired) electrons. The summed E-state index contributed by atoms with van der Waals surface area (Å²) in [5.41, 5.74) is 0. The topological polar surface area (TPSA) is 21.3 Å². The molecule has 1 fully saturated rings. The summed E-state index contributed by atoms with van der Waals surface area (Å²) in [6, 6.07) is 0. The first-order valence-electron chi connectivity index (χ1n) is 6.86. The molecule has 2 heteroatoms. The van der Waals surface area contributed by atoms with Crippen LogP contribution in [0, 0.1) is 0 Å². The molecule has 0 spiro atoms. The molecular formula is C14H27NO. The second kappa shape index (κ2) is 9.86. The molecule has 1 rings (SSSR count). The van der Waals surface area contributed by atoms with Gasteiger partial charge in [-0.05, 0) is 38.6 Å². The molecule has 0 atom stereocenters. The van der Waals surface area contributed by atoms with Crippen LogP contribution in [0.2, 0.25) is 0 Å². The molecular weight excluding hydrogens is 198 g/mol. The Balaban J connectivity index is 1.72. The van der Waals surface area contributed by atoms with E-state index in [2.05, 4.69) is 11.9 Å². The Hall–Kier alpha value is -0.340. The third kappa shape index (κ3) is 7.02. The van der Waals surface area contributed by atoms with Crippen LogP contribution in [0.15, 0.2) is 12.7 Å². The lowest BCUT2D eigenvalue weighted by atomic mass is 10.2. The summed E-state index contributed by atoms with van der Waals surface area (Å²) in [6.07, 6.45) is 12.9. The van der Waals surface area contributed by atoms with Gasteiger partial charge in [0.05, 0.1) is 12.7 Å². The standard InChI is InChI=1S/C14H27NO/c1-2-3-4-5-8-11-15-12-13-16-14-9-6-7-10-14/h2,14-15H,1,3-13H2. The summed E-state index contributed by atoms with van der Waals surface area (Å²) in [4.78, 5) is 0. The maximum Gasteiger partial charge on any atom is 0.0594 e. The first-order chi connectivity index (χ1) is 7.93. The highest BCUT2D eigenvalue weighted by atomic mass is 16.5. The molecule has 0 unspecified atom stereocenters. The summed E-state index contributed by atoms with van der Waals surface area (Å²) < 4.78 is 5.77. The van der Waals surface area contributed by atoms with E-state index in [-0.39, 0.29) is 0 Å². The average molecular weight is 225 g/mol. The average Bonchev–Trinajstić information content (AvgIpc) is 2.80. The molecule has 0 saturated heterocycles. The first kappa shape index (κ1) is 13.7. The summed E-state index contributed by atoms with van der Waals surface area (Å²) >= 11 is 0. The van der Waals surface area contributed by atoms with Gasteiger partial charge in [0.25, 0.3) is 0 Å². The number of allylic oxidation sites excluding steroid dienone is 1. The van der Waals surface area contributed by atoms with Crippen LogP contribution in [0.4, 0.5) is 0 Å². The summed E-state index contributed by atoms with van der Waals surface area (Å²) in [5.74, 6) is 0. The Kier molecular flexibility index (Phi) is 8.45. The Bertz CT molecular complexity index is 164. The molecule has 1 aliphatic carbocycles. The minimum Gasteiger partial charge on any atom is -0.377 e. The van der Waals surface area contributed by atoms with Crippen molar-refractivity contribution >= 4 is 0 Å². The minimum atomic E-state index is 0.564. The summed E-state index contributed by atoms with van der Waals surface area (Å²) in [7, 11) is 0. The van der Waals surface area contributed by atoms with Gasteiger partial charge >= 0.3 is 0 Å². The largest absolute Gasteiger partial charge is 0.377 e. The highest BCUT2D eigenvalue weighted by molar-refractivity contribution is 4.67. The van der Waals surface area contributed by atoms with Gasteiger partial charge in [-0.1, -0.05) is 25.3 Å². The molecule has 0 aromatic heterocycles. The van der Waals surface area contributed by atoms with Crippen molar-refractivity contribution in [3.63, 3.8) is 0 Å². The van der Waals surface area contributed by atoms with Crippen molar-refractivity contribution < 1.29 is 4.74 Å². The van der Waals surface area contributed by atoms with Crippen LogP contribution < -0.4 is 5.32 Å². The summed E-state index contributed by atoms with van der Waals surface area (Å²) in [6.45, 7) is 6.75. The van der Waals surface area contributed by atoms with Gasteiger partial charge < -0.3 is 10.1 Å². The second-order valence-electron chi connectivity index (χ2n) is 4.67. The molecule has 0 aromatic rings. The van der Waals surface area contributed by atoms with E-state index in [1.165, 1.54) is 44.9 Å². The number of unbranched alkanes of at least 4 members (excludes halogenated alkanes) is 3. The monoisotopic (exact) mass is 225 g/mol. The predicted molar refractivity (Wildman–Crippen MR) is 69.7 cm³/mol. The first-order valence-corrected chi connectivity index (χ1v) is 6.86. The third-order valence-corrected chi connectivity index (χ3v) is 3.20. The number of nitrogens with one attached hydrogen (secondary N) is 1. The van der Waals surface area contributed by atoms with Gasteiger partial charge in [0.1, 0.15) is 0 Å². The third-order valence-electron chi connectivity index (χ3n) is 3.20. The van der Waals surface area contributed by atoms with E-state index < -0.39 is 0 Å². The van der Waals surface area contributed by atoms with Crippen molar-refractivity contribution in [1.29, 1.82) is 0 Å². The maximum absolute atomic E-state index is 5.77. The lowest BCUT2D eigenvalue weighted by Crippen LogP contribution is -2.23. The number of ether oxygens (including phenoxy) is 1. The molecule has 0 heterocycles. The van der Waals surface area contributed by atoms with Crippen LogP contribution in [0.25, 0.3) is 0 Å². The lowest BCUT2D eigenvalue weighted by molar-refractivity contribution is 0.0604. The zero-order valence-electron chi connectivity index (χ0n) is 10.5. The van der Waals surface area contributed by atoms with Crippen LogP contribution in [-0.4, -0.2) is 25.8 Å². The van der Waals surface area contributed by atoms with E-state index in [0.717, 1.165) is 26.1 Å². The molecule has 1 saturated carbocycles. The zero-order valence-corrected chi connectivity index (χ0v) is 10.5. The van der Waals surface area contributed by atoms with Gasteiger partial charge in [-0.2, -0.15) is 0 Å². The quantitative estimate of drug-likeness (QED) is 0.455. The van der Waals surface area contributed by atoms with Crippen molar-refractivity contribution in [3.8, 4) is 0 Å². The van der Waals surface area contributed by atoms with E-state index in [0.29, 0.717) is 6.10 Å². The van der Waals surface area contributed by atoms with Gasteiger partial charge in [0, 0.05) is 6.54 Å². The van der Waals surface area contributed by atoms with Crippen LogP contribution in [0.3, 0.4) is 0 Å². The Labute approximate surface area is 100 Å². The van der Waals surface area contributed by atoms with Gasteiger partial charge in [0.15, 0.2) is 0 Å². The predicted octanol–water partition coefficient (Wildman–Crippen LogP) is 3.28. The lowest BCUT2D eigenvalue weighted by Gasteiger charge is -2.11. The minimum absolute atomic E-state index is 0.564. The van der Waals surface area contributed by atoms with Gasteiger partial charge in [-0.3, -0.25) is 0 Å². The van der Waals surface area contributed by atoms with Crippen molar-refractivity contribution in [2.45, 2.75) is 57.5 Å². The molecule has 16 heavy (non-hydrogen) atoms. The van der Waals surface area contributed by atoms with E-state index >= 15 is 0 Å². The Morgan fingerprint density at radius 3 is 2.69 bits per heavy atom. The van der Waals surface area contributed by atoms with Crippen molar-refractivity contribution in [2.24, 2.45) is 0 Å². The Morgan fingerprint density at radius 2 is 1.94 bits per heavy atom. The fourth-order valence-corrected chi connectivity index (χ4v) is 2.19. The number of hydrogen-bond acceptors (Lipinski definition) is 2. The fraction of sp³-hybridized carbons (Fsp3) is 0.857. The normalized spacial score (nSPS) is 16.8. The Morgan fingerprint density at radius 1 is 1.12 bits per heavy atom. The highest BCUT2D eigenvalue weighted by Gasteiger charge is 2.14. The highest BCUT2D eigenvalue weighted by Crippen LogP contribution is 2.20. The van der Waals surface area contributed by atoms with E-state index in [1.54, 1.807) is 0 Å². The van der Waals surface area contributed by atoms with Crippen LogP contribution in [0.1, 0.15) is 51.4 Å². The van der Waals surface area contributed by atoms with Crippen LogP contribution in [0.5, 0.6) is 0 Å². The SMILES string of the molecule is C=CCCCCCNCCOC1CCCC1. The molecule has 0 aromatic carbocycles. The smallest absolute Gasteiger partial charge is 0.0594 e. The maximum atomic E-state index is 5.77. The second-order valence-corrected chi connectivity index (χ2v) is 4.67. The van der Waals surface area contributed by atoms with E-state index in [4.69, 9.17) is 4.74 Å².